The first-order valence-corrected chi connectivity index (χ1v) is 7.34. The predicted octanol–water partition coefficient (Wildman–Crippen LogP) is 3.70. The molecule has 0 bridgehead atoms. The van der Waals surface area contributed by atoms with Crippen molar-refractivity contribution in [2.75, 3.05) is 11.9 Å². The Hall–Kier alpha value is -0.770. The second-order valence-corrected chi connectivity index (χ2v) is 5.76. The van der Waals surface area contributed by atoms with Crippen molar-refractivity contribution in [2.24, 2.45) is 17.6 Å². The normalized spacial score (nSPS) is 23.1. The van der Waals surface area contributed by atoms with Crippen molar-refractivity contribution in [3.8, 4) is 0 Å². The van der Waals surface area contributed by atoms with Gasteiger partial charge in [-0.15, -0.1) is 0 Å². The van der Waals surface area contributed by atoms with Crippen LogP contribution in [0.15, 0.2) is 18.2 Å². The third-order valence-corrected chi connectivity index (χ3v) is 4.58. The fraction of sp³-hybridized carbons (Fsp3) is 0.500. The van der Waals surface area contributed by atoms with E-state index in [1.165, 1.54) is 0 Å². The number of nitrogens with one attached hydrogen (secondary N) is 1. The molecule has 0 aliphatic heterocycles. The van der Waals surface area contributed by atoms with Crippen molar-refractivity contribution in [2.45, 2.75) is 25.7 Å². The lowest BCUT2D eigenvalue weighted by atomic mass is 9.78. The maximum Gasteiger partial charge on any atom is 0.227 e. The zero-order valence-electron chi connectivity index (χ0n) is 10.7. The molecule has 0 saturated heterocycles. The average Bonchev–Trinajstić information content (AvgIpc) is 2.43. The Morgan fingerprint density at radius 2 is 2.05 bits per heavy atom. The Bertz CT molecular complexity index is 465. The quantitative estimate of drug-likeness (QED) is 0.894. The third kappa shape index (κ3) is 3.41. The average molecular weight is 301 g/mol. The highest BCUT2D eigenvalue weighted by Crippen LogP contribution is 2.33. The van der Waals surface area contributed by atoms with E-state index < -0.39 is 0 Å². The van der Waals surface area contributed by atoms with Gasteiger partial charge in [-0.3, -0.25) is 4.79 Å². The predicted molar refractivity (Wildman–Crippen MR) is 79.6 cm³/mol. The molecule has 5 heteroatoms. The zero-order valence-corrected chi connectivity index (χ0v) is 12.2. The molecule has 0 radical (unpaired) electrons. The number of hydrogen-bond acceptors (Lipinski definition) is 2. The van der Waals surface area contributed by atoms with E-state index in [4.69, 9.17) is 28.9 Å². The Labute approximate surface area is 123 Å². The van der Waals surface area contributed by atoms with Gasteiger partial charge in [0.2, 0.25) is 5.91 Å². The largest absolute Gasteiger partial charge is 0.330 e. The first-order chi connectivity index (χ1) is 9.13. The van der Waals surface area contributed by atoms with Crippen LogP contribution < -0.4 is 11.1 Å². The molecule has 1 aromatic rings. The number of nitrogens with two attached hydrogens (primary N) is 1. The van der Waals surface area contributed by atoms with E-state index in [2.05, 4.69) is 5.32 Å². The van der Waals surface area contributed by atoms with Gasteiger partial charge >= 0.3 is 0 Å². The van der Waals surface area contributed by atoms with Crippen LogP contribution in [0.2, 0.25) is 10.0 Å². The number of amides is 1. The molecule has 1 aromatic carbocycles. The summed E-state index contributed by atoms with van der Waals surface area (Å²) in [5.41, 5.74) is 6.32. The number of carbonyl (C=O) groups excluding carboxylic acids is 1. The van der Waals surface area contributed by atoms with Gasteiger partial charge in [0.25, 0.3) is 0 Å². The Balaban J connectivity index is 2.09. The minimum Gasteiger partial charge on any atom is -0.330 e. The van der Waals surface area contributed by atoms with E-state index in [1.54, 1.807) is 18.2 Å². The molecule has 1 amide bonds. The summed E-state index contributed by atoms with van der Waals surface area (Å²) in [5, 5.41) is 3.70. The molecule has 0 spiro atoms. The van der Waals surface area contributed by atoms with E-state index in [1.807, 2.05) is 0 Å². The van der Waals surface area contributed by atoms with E-state index in [-0.39, 0.29) is 17.7 Å². The first-order valence-electron chi connectivity index (χ1n) is 6.58. The minimum atomic E-state index is -0.0196. The monoisotopic (exact) mass is 300 g/mol. The summed E-state index contributed by atoms with van der Waals surface area (Å²) in [6.45, 7) is 0.557. The van der Waals surface area contributed by atoms with Gasteiger partial charge in [0.15, 0.2) is 0 Å². The van der Waals surface area contributed by atoms with E-state index >= 15 is 0 Å². The molecular formula is C14H18Cl2N2O. The maximum absolute atomic E-state index is 12.3. The van der Waals surface area contributed by atoms with Gasteiger partial charge in [-0.05, 0) is 37.4 Å². The number of anilines is 1. The van der Waals surface area contributed by atoms with Gasteiger partial charge < -0.3 is 11.1 Å². The molecule has 3 N–H and O–H groups in total. The van der Waals surface area contributed by atoms with E-state index in [0.717, 1.165) is 25.7 Å². The minimum absolute atomic E-state index is 0.000633. The lowest BCUT2D eigenvalue weighted by molar-refractivity contribution is -0.122. The van der Waals surface area contributed by atoms with Crippen LogP contribution in [0.25, 0.3) is 0 Å². The lowest BCUT2D eigenvalue weighted by Crippen LogP contribution is -2.35. The van der Waals surface area contributed by atoms with Crippen LogP contribution in [0.3, 0.4) is 0 Å². The van der Waals surface area contributed by atoms with Crippen molar-refractivity contribution >= 4 is 34.8 Å². The van der Waals surface area contributed by atoms with E-state index in [0.29, 0.717) is 22.3 Å². The standard InChI is InChI=1S/C14H18Cl2N2O/c15-11-6-3-7-12(13(11)16)18-14(19)10-5-2-1-4-9(10)8-17/h3,6-7,9-10H,1-2,4-5,8,17H2,(H,18,19). The molecule has 19 heavy (non-hydrogen) atoms. The molecule has 1 aliphatic rings. The molecular weight excluding hydrogens is 283 g/mol. The van der Waals surface area contributed by atoms with Gasteiger partial charge in [0, 0.05) is 5.92 Å². The number of carbonyl (C=O) groups is 1. The summed E-state index contributed by atoms with van der Waals surface area (Å²) < 4.78 is 0. The molecule has 2 atom stereocenters. The second kappa shape index (κ2) is 6.60. The Kier molecular flexibility index (Phi) is 5.08. The molecule has 1 aliphatic carbocycles. The summed E-state index contributed by atoms with van der Waals surface area (Å²) in [4.78, 5) is 12.3. The SMILES string of the molecule is NCC1CCCCC1C(=O)Nc1cccc(Cl)c1Cl. The van der Waals surface area contributed by atoms with Gasteiger partial charge in [-0.1, -0.05) is 42.1 Å². The fourth-order valence-corrected chi connectivity index (χ4v) is 3.01. The van der Waals surface area contributed by atoms with Gasteiger partial charge in [-0.2, -0.15) is 0 Å². The highest BCUT2D eigenvalue weighted by atomic mass is 35.5. The van der Waals surface area contributed by atoms with Crippen LogP contribution in [0.4, 0.5) is 5.69 Å². The van der Waals surface area contributed by atoms with Crippen LogP contribution in [0.1, 0.15) is 25.7 Å². The molecule has 104 valence electrons. The highest BCUT2D eigenvalue weighted by Gasteiger charge is 2.30. The van der Waals surface area contributed by atoms with Crippen LogP contribution in [0, 0.1) is 11.8 Å². The van der Waals surface area contributed by atoms with Crippen molar-refractivity contribution < 1.29 is 4.79 Å². The van der Waals surface area contributed by atoms with Crippen molar-refractivity contribution in [1.82, 2.24) is 0 Å². The molecule has 3 nitrogen and oxygen atoms in total. The van der Waals surface area contributed by atoms with Crippen molar-refractivity contribution in [3.05, 3.63) is 28.2 Å². The smallest absolute Gasteiger partial charge is 0.227 e. The van der Waals surface area contributed by atoms with Crippen molar-refractivity contribution in [1.29, 1.82) is 0 Å². The number of hydrogen-bond donors (Lipinski definition) is 2. The van der Waals surface area contributed by atoms with E-state index in [9.17, 15) is 4.79 Å². The Morgan fingerprint density at radius 3 is 2.79 bits per heavy atom. The number of rotatable bonds is 3. The zero-order chi connectivity index (χ0) is 13.8. The van der Waals surface area contributed by atoms with Gasteiger partial charge in [0.1, 0.15) is 0 Å². The number of halogens is 2. The van der Waals surface area contributed by atoms with Gasteiger partial charge in [-0.25, -0.2) is 0 Å². The van der Waals surface area contributed by atoms with Gasteiger partial charge in [0.05, 0.1) is 15.7 Å². The molecule has 1 fully saturated rings. The highest BCUT2D eigenvalue weighted by molar-refractivity contribution is 6.44. The molecule has 0 heterocycles. The third-order valence-electron chi connectivity index (χ3n) is 3.76. The number of benzene rings is 1. The molecule has 1 saturated carbocycles. The summed E-state index contributed by atoms with van der Waals surface area (Å²) in [6, 6.07) is 5.22. The van der Waals surface area contributed by atoms with Crippen LogP contribution in [0.5, 0.6) is 0 Å². The van der Waals surface area contributed by atoms with Crippen LogP contribution in [-0.2, 0) is 4.79 Å². The first kappa shape index (κ1) is 14.6. The lowest BCUT2D eigenvalue weighted by Gasteiger charge is -2.29. The summed E-state index contributed by atoms with van der Waals surface area (Å²) in [6.07, 6.45) is 4.16. The molecule has 0 aromatic heterocycles. The second-order valence-electron chi connectivity index (χ2n) is 4.98. The van der Waals surface area contributed by atoms with Crippen molar-refractivity contribution in [3.63, 3.8) is 0 Å². The summed E-state index contributed by atoms with van der Waals surface area (Å²) >= 11 is 12.0. The molecule has 2 unspecified atom stereocenters. The summed E-state index contributed by atoms with van der Waals surface area (Å²) in [5.74, 6) is 0.250. The summed E-state index contributed by atoms with van der Waals surface area (Å²) in [7, 11) is 0. The van der Waals surface area contributed by atoms with Crippen LogP contribution in [-0.4, -0.2) is 12.5 Å². The molecule has 2 rings (SSSR count). The van der Waals surface area contributed by atoms with Crippen LogP contribution >= 0.6 is 23.2 Å². The maximum atomic E-state index is 12.3. The fourth-order valence-electron chi connectivity index (χ4n) is 2.66. The Morgan fingerprint density at radius 1 is 1.32 bits per heavy atom. The topological polar surface area (TPSA) is 55.1 Å².